The summed E-state index contributed by atoms with van der Waals surface area (Å²) < 4.78 is 24.1. The predicted molar refractivity (Wildman–Crippen MR) is 131 cm³/mol. The summed E-state index contributed by atoms with van der Waals surface area (Å²) in [6.07, 6.45) is 0.599. The predicted octanol–water partition coefficient (Wildman–Crippen LogP) is 5.35. The fourth-order valence-corrected chi connectivity index (χ4v) is 4.41. The Morgan fingerprint density at radius 3 is 2.49 bits per heavy atom. The van der Waals surface area contributed by atoms with E-state index < -0.39 is 0 Å². The topological polar surface area (TPSA) is 80.8 Å². The largest absolute Gasteiger partial charge is 0.497 e. The van der Waals surface area contributed by atoms with Crippen LogP contribution in [0.4, 0.5) is 4.39 Å². The molecule has 7 nitrogen and oxygen atoms in total. The number of amides is 1. The Balaban J connectivity index is 1.33. The Hall–Kier alpha value is -3.98. The molecule has 0 unspecified atom stereocenters. The first-order valence-corrected chi connectivity index (χ1v) is 11.9. The second kappa shape index (κ2) is 10.1. The molecule has 1 aliphatic rings. The van der Waals surface area contributed by atoms with Gasteiger partial charge < -0.3 is 9.15 Å². The number of aromatic nitrogens is 2. The van der Waals surface area contributed by atoms with Gasteiger partial charge >= 0.3 is 0 Å². The van der Waals surface area contributed by atoms with E-state index in [9.17, 15) is 9.18 Å². The molecule has 4 aromatic rings. The van der Waals surface area contributed by atoms with Crippen LogP contribution in [-0.2, 0) is 4.79 Å². The SMILES string of the molecule is COc1ccc([C@@H]2CC(c3ccccc3)=NN2C(=O)CSc2nnc(-c3ccc(F)cc3)o2)cc1. The van der Waals surface area contributed by atoms with Crippen molar-refractivity contribution in [3.05, 3.63) is 95.8 Å². The van der Waals surface area contributed by atoms with Crippen molar-refractivity contribution in [2.75, 3.05) is 12.9 Å². The lowest BCUT2D eigenvalue weighted by Gasteiger charge is -2.22. The third-order valence-corrected chi connectivity index (χ3v) is 6.39. The number of rotatable bonds is 7. The molecule has 0 fully saturated rings. The molecule has 35 heavy (non-hydrogen) atoms. The second-order valence-electron chi connectivity index (χ2n) is 7.81. The molecule has 1 aliphatic heterocycles. The van der Waals surface area contributed by atoms with Crippen molar-refractivity contribution >= 4 is 23.4 Å². The fourth-order valence-electron chi connectivity index (χ4n) is 3.80. The number of hydrogen-bond donors (Lipinski definition) is 0. The van der Waals surface area contributed by atoms with Gasteiger partial charge in [0.15, 0.2) is 0 Å². The first kappa shape index (κ1) is 22.8. The summed E-state index contributed by atoms with van der Waals surface area (Å²) in [6, 6.07) is 23.0. The summed E-state index contributed by atoms with van der Waals surface area (Å²) in [7, 11) is 1.62. The first-order valence-electron chi connectivity index (χ1n) is 10.9. The van der Waals surface area contributed by atoms with E-state index in [-0.39, 0.29) is 34.6 Å². The van der Waals surface area contributed by atoms with Gasteiger partial charge in [-0.2, -0.15) is 5.10 Å². The number of ether oxygens (including phenoxy) is 1. The number of halogens is 1. The molecule has 5 rings (SSSR count). The Labute approximate surface area is 205 Å². The molecule has 176 valence electrons. The van der Waals surface area contributed by atoms with Crippen LogP contribution in [-0.4, -0.2) is 39.7 Å². The Kier molecular flexibility index (Phi) is 6.58. The van der Waals surface area contributed by atoms with E-state index in [4.69, 9.17) is 9.15 Å². The third kappa shape index (κ3) is 5.09. The molecular weight excluding hydrogens is 467 g/mol. The number of carbonyl (C=O) groups excluding carboxylic acids is 1. The molecule has 0 aliphatic carbocycles. The van der Waals surface area contributed by atoms with E-state index in [0.29, 0.717) is 12.0 Å². The van der Waals surface area contributed by atoms with Crippen LogP contribution < -0.4 is 4.74 Å². The molecule has 0 radical (unpaired) electrons. The number of thioether (sulfide) groups is 1. The highest BCUT2D eigenvalue weighted by atomic mass is 32.2. The number of nitrogens with zero attached hydrogens (tertiary/aromatic N) is 4. The van der Waals surface area contributed by atoms with Crippen LogP contribution in [0.15, 0.2) is 93.6 Å². The minimum Gasteiger partial charge on any atom is -0.497 e. The van der Waals surface area contributed by atoms with Gasteiger partial charge in [-0.15, -0.1) is 10.2 Å². The van der Waals surface area contributed by atoms with E-state index in [1.165, 1.54) is 17.1 Å². The monoisotopic (exact) mass is 488 g/mol. The first-order chi connectivity index (χ1) is 17.1. The van der Waals surface area contributed by atoms with Crippen molar-refractivity contribution < 1.29 is 18.3 Å². The number of benzene rings is 3. The highest BCUT2D eigenvalue weighted by molar-refractivity contribution is 7.99. The van der Waals surface area contributed by atoms with Crippen molar-refractivity contribution in [1.82, 2.24) is 15.2 Å². The summed E-state index contributed by atoms with van der Waals surface area (Å²) in [6.45, 7) is 0. The Bertz CT molecular complexity index is 1340. The maximum Gasteiger partial charge on any atom is 0.277 e. The van der Waals surface area contributed by atoms with Crippen LogP contribution >= 0.6 is 11.8 Å². The molecule has 1 atom stereocenters. The lowest BCUT2D eigenvalue weighted by molar-refractivity contribution is -0.130. The molecule has 0 saturated carbocycles. The average Bonchev–Trinajstić information content (AvgIpc) is 3.56. The quantitative estimate of drug-likeness (QED) is 0.326. The van der Waals surface area contributed by atoms with Gasteiger partial charge in [-0.3, -0.25) is 4.79 Å². The molecule has 1 amide bonds. The summed E-state index contributed by atoms with van der Waals surface area (Å²) in [5.74, 6) is 0.562. The molecule has 0 bridgehead atoms. The number of hydrazone groups is 1. The second-order valence-corrected chi connectivity index (χ2v) is 8.74. The van der Waals surface area contributed by atoms with Gasteiger partial charge in [-0.05, 0) is 47.5 Å². The van der Waals surface area contributed by atoms with E-state index >= 15 is 0 Å². The minimum absolute atomic E-state index is 0.0727. The van der Waals surface area contributed by atoms with Crippen molar-refractivity contribution in [1.29, 1.82) is 0 Å². The molecule has 0 N–H and O–H groups in total. The van der Waals surface area contributed by atoms with Crippen LogP contribution in [0.1, 0.15) is 23.6 Å². The van der Waals surface area contributed by atoms with E-state index in [0.717, 1.165) is 34.3 Å². The summed E-state index contributed by atoms with van der Waals surface area (Å²) in [5.41, 5.74) is 3.40. The van der Waals surface area contributed by atoms with Crippen LogP contribution in [0.5, 0.6) is 5.75 Å². The van der Waals surface area contributed by atoms with Crippen molar-refractivity contribution in [3.63, 3.8) is 0 Å². The Morgan fingerprint density at radius 1 is 1.03 bits per heavy atom. The molecule has 2 heterocycles. The molecular formula is C26H21FN4O3S. The van der Waals surface area contributed by atoms with Gasteiger partial charge in [-0.25, -0.2) is 9.40 Å². The third-order valence-electron chi connectivity index (χ3n) is 5.59. The number of hydrogen-bond acceptors (Lipinski definition) is 7. The van der Waals surface area contributed by atoms with Gasteiger partial charge in [0.1, 0.15) is 11.6 Å². The van der Waals surface area contributed by atoms with Crippen molar-refractivity contribution in [2.24, 2.45) is 5.10 Å². The average molecular weight is 489 g/mol. The van der Waals surface area contributed by atoms with Gasteiger partial charge in [-0.1, -0.05) is 54.2 Å². The van der Waals surface area contributed by atoms with Gasteiger partial charge in [0.2, 0.25) is 5.89 Å². The Morgan fingerprint density at radius 2 is 1.77 bits per heavy atom. The standard InChI is InChI=1S/C26H21FN4O3S/c1-33-21-13-9-18(10-14-21)23-15-22(17-5-3-2-4-6-17)30-31(23)24(32)16-35-26-29-28-25(34-26)19-7-11-20(27)12-8-19/h2-14,23H,15-16H2,1H3/t23-/m0/s1. The lowest BCUT2D eigenvalue weighted by atomic mass is 9.98. The smallest absolute Gasteiger partial charge is 0.277 e. The van der Waals surface area contributed by atoms with Gasteiger partial charge in [0.25, 0.3) is 11.1 Å². The molecule has 0 saturated heterocycles. The van der Waals surface area contributed by atoms with E-state index in [1.54, 1.807) is 19.2 Å². The van der Waals surface area contributed by atoms with Gasteiger partial charge in [0, 0.05) is 12.0 Å². The van der Waals surface area contributed by atoms with E-state index in [1.807, 2.05) is 54.6 Å². The lowest BCUT2D eigenvalue weighted by Crippen LogP contribution is -2.28. The van der Waals surface area contributed by atoms with E-state index in [2.05, 4.69) is 15.3 Å². The summed E-state index contributed by atoms with van der Waals surface area (Å²) in [4.78, 5) is 13.3. The molecule has 1 aromatic heterocycles. The molecule has 3 aromatic carbocycles. The fraction of sp³-hybridized carbons (Fsp3) is 0.154. The maximum absolute atomic E-state index is 13.3. The number of methoxy groups -OCH3 is 1. The zero-order chi connectivity index (χ0) is 24.2. The van der Waals surface area contributed by atoms with Crippen molar-refractivity contribution in [3.8, 4) is 17.2 Å². The van der Waals surface area contributed by atoms with Crippen LogP contribution in [0.2, 0.25) is 0 Å². The normalized spacial score (nSPS) is 15.2. The zero-order valence-corrected chi connectivity index (χ0v) is 19.6. The summed E-state index contributed by atoms with van der Waals surface area (Å²) in [5, 5.41) is 14.5. The van der Waals surface area contributed by atoms with Crippen LogP contribution in [0.25, 0.3) is 11.5 Å². The highest BCUT2D eigenvalue weighted by Gasteiger charge is 2.33. The molecule has 9 heteroatoms. The van der Waals surface area contributed by atoms with Crippen LogP contribution in [0.3, 0.4) is 0 Å². The van der Waals surface area contributed by atoms with Crippen LogP contribution in [0, 0.1) is 5.82 Å². The highest BCUT2D eigenvalue weighted by Crippen LogP contribution is 2.34. The molecule has 0 spiro atoms. The maximum atomic E-state index is 13.3. The zero-order valence-electron chi connectivity index (χ0n) is 18.8. The minimum atomic E-state index is -0.346. The number of carbonyl (C=O) groups is 1. The van der Waals surface area contributed by atoms with Gasteiger partial charge in [0.05, 0.1) is 24.6 Å². The summed E-state index contributed by atoms with van der Waals surface area (Å²) >= 11 is 1.14. The van der Waals surface area contributed by atoms with Crippen molar-refractivity contribution in [2.45, 2.75) is 17.7 Å².